The van der Waals surface area contributed by atoms with Crippen LogP contribution in [0.15, 0.2) is 5.38 Å². The largest absolute Gasteiger partial charge is 0.480 e. The third kappa shape index (κ3) is 6.16. The maximum Gasteiger partial charge on any atom is 0.329 e. The van der Waals surface area contributed by atoms with Gasteiger partial charge in [0, 0.05) is 11.9 Å². The average molecular weight is 273 g/mol. The number of hydrogen-bond acceptors (Lipinski definition) is 5. The number of hydrogen-bond donors (Lipinski definition) is 3. The third-order valence-corrected chi connectivity index (χ3v) is 2.68. The minimum atomic E-state index is -1.03. The second-order valence-electron chi connectivity index (χ2n) is 3.41. The first-order chi connectivity index (χ1) is 8.58. The number of urea groups is 1. The highest BCUT2D eigenvalue weighted by molar-refractivity contribution is 7.09. The molecule has 0 aromatic carbocycles. The highest BCUT2D eigenvalue weighted by Crippen LogP contribution is 2.06. The topological polar surface area (TPSA) is 101 Å². The molecule has 7 nitrogen and oxygen atoms in total. The number of rotatable bonds is 7. The molecule has 3 N–H and O–H groups in total. The van der Waals surface area contributed by atoms with Gasteiger partial charge in [-0.05, 0) is 6.92 Å². The Morgan fingerprint density at radius 1 is 1.50 bits per heavy atom. The van der Waals surface area contributed by atoms with Crippen molar-refractivity contribution in [3.05, 3.63) is 16.1 Å². The number of amides is 2. The van der Waals surface area contributed by atoms with E-state index in [1.807, 2.05) is 12.3 Å². The van der Waals surface area contributed by atoms with Crippen LogP contribution in [-0.4, -0.2) is 41.8 Å². The first-order valence-electron chi connectivity index (χ1n) is 5.30. The van der Waals surface area contributed by atoms with Crippen LogP contribution in [0.1, 0.15) is 10.7 Å². The number of nitrogens with zero attached hydrogens (tertiary/aromatic N) is 1. The minimum absolute atomic E-state index is 0.162. The molecule has 0 radical (unpaired) electrons. The lowest BCUT2D eigenvalue weighted by molar-refractivity contribution is -0.142. The van der Waals surface area contributed by atoms with E-state index >= 15 is 0 Å². The number of carbonyl (C=O) groups excluding carboxylic acids is 1. The molecular weight excluding hydrogens is 258 g/mol. The number of ether oxygens (including phenoxy) is 1. The molecule has 1 heterocycles. The number of aromatic nitrogens is 1. The number of aliphatic carboxylic acids is 1. The summed E-state index contributed by atoms with van der Waals surface area (Å²) in [5, 5.41) is 16.3. The fourth-order valence-corrected chi connectivity index (χ4v) is 1.73. The van der Waals surface area contributed by atoms with Crippen LogP contribution in [0.3, 0.4) is 0 Å². The first-order valence-corrected chi connectivity index (χ1v) is 6.18. The lowest BCUT2D eigenvalue weighted by atomic mass is 10.5. The molecule has 0 atom stereocenters. The van der Waals surface area contributed by atoms with Crippen molar-refractivity contribution in [3.63, 3.8) is 0 Å². The Labute approximate surface area is 108 Å². The van der Waals surface area contributed by atoms with E-state index in [1.165, 1.54) is 11.3 Å². The number of carboxylic acids is 1. The Morgan fingerprint density at radius 3 is 2.89 bits per heavy atom. The van der Waals surface area contributed by atoms with E-state index in [9.17, 15) is 9.59 Å². The zero-order valence-electron chi connectivity index (χ0n) is 9.93. The normalized spacial score (nSPS) is 10.1. The molecule has 0 spiro atoms. The van der Waals surface area contributed by atoms with Crippen LogP contribution in [-0.2, 0) is 16.1 Å². The van der Waals surface area contributed by atoms with Crippen molar-refractivity contribution >= 4 is 23.3 Å². The van der Waals surface area contributed by atoms with Gasteiger partial charge in [0.1, 0.15) is 6.61 Å². The van der Waals surface area contributed by atoms with Crippen LogP contribution >= 0.6 is 11.3 Å². The van der Waals surface area contributed by atoms with Crippen LogP contribution in [0, 0.1) is 6.92 Å². The number of carboxylic acid groups (broad SMARTS) is 1. The van der Waals surface area contributed by atoms with Crippen molar-refractivity contribution in [3.8, 4) is 0 Å². The van der Waals surface area contributed by atoms with E-state index in [4.69, 9.17) is 9.84 Å². The molecule has 1 aromatic heterocycles. The van der Waals surface area contributed by atoms with E-state index in [-0.39, 0.29) is 25.8 Å². The van der Waals surface area contributed by atoms with Gasteiger partial charge in [0.05, 0.1) is 23.9 Å². The van der Waals surface area contributed by atoms with E-state index < -0.39 is 5.97 Å². The third-order valence-electron chi connectivity index (χ3n) is 1.85. The highest BCUT2D eigenvalue weighted by Gasteiger charge is 2.02. The van der Waals surface area contributed by atoms with Crippen molar-refractivity contribution < 1.29 is 19.4 Å². The second kappa shape index (κ2) is 7.62. The molecule has 100 valence electrons. The maximum absolute atomic E-state index is 11.3. The van der Waals surface area contributed by atoms with Crippen molar-refractivity contribution in [1.29, 1.82) is 0 Å². The molecule has 1 aromatic rings. The molecule has 0 aliphatic heterocycles. The van der Waals surface area contributed by atoms with Crippen molar-refractivity contribution in [1.82, 2.24) is 15.6 Å². The Morgan fingerprint density at radius 2 is 2.28 bits per heavy atom. The highest BCUT2D eigenvalue weighted by atomic mass is 32.1. The van der Waals surface area contributed by atoms with Gasteiger partial charge < -0.3 is 20.5 Å². The monoisotopic (exact) mass is 273 g/mol. The Balaban J connectivity index is 2.05. The van der Waals surface area contributed by atoms with E-state index in [2.05, 4.69) is 15.6 Å². The summed E-state index contributed by atoms with van der Waals surface area (Å²) >= 11 is 1.52. The van der Waals surface area contributed by atoms with Gasteiger partial charge in [-0.15, -0.1) is 11.3 Å². The number of aryl methyl sites for hydroxylation is 1. The summed E-state index contributed by atoms with van der Waals surface area (Å²) in [6, 6.07) is -0.334. The summed E-state index contributed by atoms with van der Waals surface area (Å²) in [5.74, 6) is -1.03. The molecule has 2 amide bonds. The zero-order chi connectivity index (χ0) is 13.4. The van der Waals surface area contributed by atoms with Crippen LogP contribution in [0.4, 0.5) is 4.79 Å². The molecule has 0 aliphatic carbocycles. The smallest absolute Gasteiger partial charge is 0.329 e. The summed E-state index contributed by atoms with van der Waals surface area (Å²) in [6.07, 6.45) is 0. The molecule has 0 fully saturated rings. The fourth-order valence-electron chi connectivity index (χ4n) is 1.12. The quantitative estimate of drug-likeness (QED) is 0.622. The standard InChI is InChI=1S/C10H15N3O4S/c1-7-13-8(6-18-7)4-12-10(16)11-2-3-17-5-9(14)15/h6H,2-5H2,1H3,(H,14,15)(H2,11,12,16). The van der Waals surface area contributed by atoms with Gasteiger partial charge in [0.25, 0.3) is 0 Å². The predicted molar refractivity (Wildman–Crippen MR) is 65.5 cm³/mol. The number of thiazole rings is 1. The Kier molecular flexibility index (Phi) is 6.09. The van der Waals surface area contributed by atoms with Crippen molar-refractivity contribution in [2.45, 2.75) is 13.5 Å². The van der Waals surface area contributed by atoms with Crippen molar-refractivity contribution in [2.75, 3.05) is 19.8 Å². The SMILES string of the molecule is Cc1nc(CNC(=O)NCCOCC(=O)O)cs1. The summed E-state index contributed by atoms with van der Waals surface area (Å²) < 4.78 is 4.76. The van der Waals surface area contributed by atoms with Crippen LogP contribution in [0.2, 0.25) is 0 Å². The molecule has 8 heteroatoms. The molecule has 0 saturated heterocycles. The molecule has 0 saturated carbocycles. The molecular formula is C10H15N3O4S. The molecule has 0 bridgehead atoms. The summed E-state index contributed by atoms with van der Waals surface area (Å²) in [4.78, 5) is 25.6. The van der Waals surface area contributed by atoms with Gasteiger partial charge in [0.2, 0.25) is 0 Å². The van der Waals surface area contributed by atoms with Gasteiger partial charge in [-0.25, -0.2) is 14.6 Å². The lowest BCUT2D eigenvalue weighted by Crippen LogP contribution is -2.37. The second-order valence-corrected chi connectivity index (χ2v) is 4.48. The van der Waals surface area contributed by atoms with Crippen LogP contribution < -0.4 is 10.6 Å². The summed E-state index contributed by atoms with van der Waals surface area (Å²) in [7, 11) is 0. The molecule has 0 unspecified atom stereocenters. The maximum atomic E-state index is 11.3. The van der Waals surface area contributed by atoms with Crippen LogP contribution in [0.5, 0.6) is 0 Å². The van der Waals surface area contributed by atoms with Crippen molar-refractivity contribution in [2.24, 2.45) is 0 Å². The number of carbonyl (C=O) groups is 2. The number of nitrogens with one attached hydrogen (secondary N) is 2. The fraction of sp³-hybridized carbons (Fsp3) is 0.500. The Bertz CT molecular complexity index is 408. The summed E-state index contributed by atoms with van der Waals surface area (Å²) in [5.41, 5.74) is 0.815. The van der Waals surface area contributed by atoms with Gasteiger partial charge >= 0.3 is 12.0 Å². The molecule has 1 rings (SSSR count). The summed E-state index contributed by atoms with van der Waals surface area (Å²) in [6.45, 7) is 2.33. The van der Waals surface area contributed by atoms with E-state index in [0.29, 0.717) is 6.54 Å². The lowest BCUT2D eigenvalue weighted by Gasteiger charge is -2.06. The predicted octanol–water partition coefficient (Wildman–Crippen LogP) is 0.352. The Hall–Kier alpha value is -1.67. The van der Waals surface area contributed by atoms with Gasteiger partial charge in [-0.3, -0.25) is 0 Å². The first kappa shape index (κ1) is 14.4. The van der Waals surface area contributed by atoms with Gasteiger partial charge in [0.15, 0.2) is 0 Å². The van der Waals surface area contributed by atoms with Gasteiger partial charge in [-0.1, -0.05) is 0 Å². The van der Waals surface area contributed by atoms with E-state index in [1.54, 1.807) is 0 Å². The molecule has 0 aliphatic rings. The van der Waals surface area contributed by atoms with Gasteiger partial charge in [-0.2, -0.15) is 0 Å². The zero-order valence-corrected chi connectivity index (χ0v) is 10.7. The molecule has 18 heavy (non-hydrogen) atoms. The van der Waals surface area contributed by atoms with Crippen LogP contribution in [0.25, 0.3) is 0 Å². The minimum Gasteiger partial charge on any atom is -0.480 e. The average Bonchev–Trinajstić information content (AvgIpc) is 2.71. The van der Waals surface area contributed by atoms with E-state index in [0.717, 1.165) is 10.7 Å².